The molecular weight excluding hydrogens is 372 g/mol. The molecule has 156 valence electrons. The first-order valence-corrected chi connectivity index (χ1v) is 10.2. The fourth-order valence-electron chi connectivity index (χ4n) is 3.52. The third kappa shape index (κ3) is 5.05. The molecule has 5 nitrogen and oxygen atoms in total. The number of hydrogen-bond donors (Lipinski definition) is 1. The Hall–Kier alpha value is -3.18. The van der Waals surface area contributed by atoms with Crippen molar-refractivity contribution in [2.45, 2.75) is 26.8 Å². The summed E-state index contributed by atoms with van der Waals surface area (Å²) in [4.78, 5) is 14.6. The lowest BCUT2D eigenvalue weighted by Gasteiger charge is -2.25. The average molecular weight is 403 g/mol. The minimum Gasteiger partial charge on any atom is -0.351 e. The molecule has 5 heteroatoms. The van der Waals surface area contributed by atoms with Gasteiger partial charge in [0.2, 0.25) is 5.91 Å². The van der Waals surface area contributed by atoms with Gasteiger partial charge in [-0.15, -0.1) is 0 Å². The average Bonchev–Trinajstić information content (AvgIpc) is 3.02. The Morgan fingerprint density at radius 3 is 2.37 bits per heavy atom. The van der Waals surface area contributed by atoms with E-state index in [1.807, 2.05) is 69.0 Å². The summed E-state index contributed by atoms with van der Waals surface area (Å²) in [5.74, 6) is -0.111. The van der Waals surface area contributed by atoms with Crippen LogP contribution < -0.4 is 5.32 Å². The Kier molecular flexibility index (Phi) is 6.85. The van der Waals surface area contributed by atoms with Gasteiger partial charge in [-0.3, -0.25) is 4.79 Å². The van der Waals surface area contributed by atoms with Crippen molar-refractivity contribution in [2.75, 3.05) is 20.6 Å². The molecule has 3 aromatic rings. The quantitative estimate of drug-likeness (QED) is 0.602. The Morgan fingerprint density at radius 2 is 1.73 bits per heavy atom. The lowest BCUT2D eigenvalue weighted by atomic mass is 10.0. The SMILES string of the molecule is Cc1ccc(C(CNC(=O)/C=C/c2c(C)nn(-c3ccccc3)c2C)N(C)C)cc1. The molecule has 3 rings (SSSR count). The maximum absolute atomic E-state index is 12.5. The number of nitrogens with zero attached hydrogens (tertiary/aromatic N) is 3. The van der Waals surface area contributed by atoms with Crippen LogP contribution in [0.5, 0.6) is 0 Å². The van der Waals surface area contributed by atoms with Gasteiger partial charge in [0.05, 0.1) is 17.4 Å². The number of aryl methyl sites for hydroxylation is 2. The van der Waals surface area contributed by atoms with Crippen molar-refractivity contribution in [3.63, 3.8) is 0 Å². The van der Waals surface area contributed by atoms with Crippen LogP contribution in [0.1, 0.15) is 34.1 Å². The van der Waals surface area contributed by atoms with Gasteiger partial charge in [0, 0.05) is 23.9 Å². The van der Waals surface area contributed by atoms with Crippen LogP contribution in [-0.2, 0) is 4.79 Å². The van der Waals surface area contributed by atoms with E-state index in [0.717, 1.165) is 22.6 Å². The van der Waals surface area contributed by atoms with Crippen LogP contribution in [-0.4, -0.2) is 41.2 Å². The van der Waals surface area contributed by atoms with Crippen LogP contribution >= 0.6 is 0 Å². The monoisotopic (exact) mass is 402 g/mol. The van der Waals surface area contributed by atoms with Crippen molar-refractivity contribution in [3.05, 3.63) is 88.8 Å². The summed E-state index contributed by atoms with van der Waals surface area (Å²) in [6.45, 7) is 6.60. The van der Waals surface area contributed by atoms with Gasteiger partial charge in [0.15, 0.2) is 0 Å². The second-order valence-corrected chi connectivity index (χ2v) is 7.80. The molecule has 0 fully saturated rings. The van der Waals surface area contributed by atoms with Gasteiger partial charge in [0.1, 0.15) is 0 Å². The van der Waals surface area contributed by atoms with E-state index in [1.165, 1.54) is 11.1 Å². The fourth-order valence-corrected chi connectivity index (χ4v) is 3.52. The summed E-state index contributed by atoms with van der Waals surface area (Å²) in [7, 11) is 4.05. The van der Waals surface area contributed by atoms with Crippen molar-refractivity contribution in [2.24, 2.45) is 0 Å². The normalized spacial score (nSPS) is 12.5. The molecule has 1 aromatic heterocycles. The van der Waals surface area contributed by atoms with E-state index >= 15 is 0 Å². The zero-order chi connectivity index (χ0) is 21.7. The summed E-state index contributed by atoms with van der Waals surface area (Å²) in [5, 5.41) is 7.66. The Bertz CT molecular complexity index is 1020. The molecule has 0 aliphatic heterocycles. The second-order valence-electron chi connectivity index (χ2n) is 7.80. The highest BCUT2D eigenvalue weighted by Gasteiger charge is 2.15. The van der Waals surface area contributed by atoms with E-state index in [-0.39, 0.29) is 11.9 Å². The molecule has 0 radical (unpaired) electrons. The van der Waals surface area contributed by atoms with Gasteiger partial charge in [0.25, 0.3) is 0 Å². The molecule has 1 atom stereocenters. The Labute approximate surface area is 179 Å². The van der Waals surface area contributed by atoms with E-state index in [9.17, 15) is 4.79 Å². The highest BCUT2D eigenvalue weighted by atomic mass is 16.1. The third-order valence-electron chi connectivity index (χ3n) is 5.30. The van der Waals surface area contributed by atoms with Crippen LogP contribution in [0.3, 0.4) is 0 Å². The second kappa shape index (κ2) is 9.55. The number of carbonyl (C=O) groups is 1. The number of aromatic nitrogens is 2. The summed E-state index contributed by atoms with van der Waals surface area (Å²) in [6, 6.07) is 18.6. The van der Waals surface area contributed by atoms with E-state index in [4.69, 9.17) is 0 Å². The number of likely N-dealkylation sites (N-methyl/N-ethyl adjacent to an activating group) is 1. The van der Waals surface area contributed by atoms with Crippen molar-refractivity contribution in [1.29, 1.82) is 0 Å². The molecule has 0 bridgehead atoms. The van der Waals surface area contributed by atoms with Gasteiger partial charge in [-0.1, -0.05) is 48.0 Å². The number of nitrogens with one attached hydrogen (secondary N) is 1. The summed E-state index contributed by atoms with van der Waals surface area (Å²) in [5.41, 5.74) is 6.29. The zero-order valence-electron chi connectivity index (χ0n) is 18.4. The molecular formula is C25H30N4O. The maximum Gasteiger partial charge on any atom is 0.244 e. The number of carbonyl (C=O) groups excluding carboxylic acids is 1. The standard InChI is InChI=1S/C25H30N4O/c1-18-11-13-21(14-12-18)24(28(4)5)17-26-25(30)16-15-23-19(2)27-29(20(23)3)22-9-7-6-8-10-22/h6-16,24H,17H2,1-5H3,(H,26,30)/b16-15+. The summed E-state index contributed by atoms with van der Waals surface area (Å²) < 4.78 is 1.91. The maximum atomic E-state index is 12.5. The first kappa shape index (κ1) is 21.5. The molecule has 1 unspecified atom stereocenters. The largest absolute Gasteiger partial charge is 0.351 e. The first-order chi connectivity index (χ1) is 14.4. The van der Waals surface area contributed by atoms with Crippen LogP contribution in [0.25, 0.3) is 11.8 Å². The Morgan fingerprint density at radius 1 is 1.07 bits per heavy atom. The van der Waals surface area contributed by atoms with E-state index in [1.54, 1.807) is 6.08 Å². The van der Waals surface area contributed by atoms with Gasteiger partial charge in [-0.2, -0.15) is 5.10 Å². The van der Waals surface area contributed by atoms with Crippen LogP contribution in [0.15, 0.2) is 60.7 Å². The lowest BCUT2D eigenvalue weighted by molar-refractivity contribution is -0.116. The van der Waals surface area contributed by atoms with Crippen molar-refractivity contribution < 1.29 is 4.79 Å². The minimum absolute atomic E-state index is 0.111. The molecule has 0 spiro atoms. The van der Waals surface area contributed by atoms with Crippen LogP contribution in [0.4, 0.5) is 0 Å². The number of benzene rings is 2. The summed E-state index contributed by atoms with van der Waals surface area (Å²) in [6.07, 6.45) is 3.44. The van der Waals surface area contributed by atoms with Crippen LogP contribution in [0.2, 0.25) is 0 Å². The number of rotatable bonds is 7. The predicted octanol–water partition coefficient (Wildman–Crippen LogP) is 4.23. The molecule has 0 saturated heterocycles. The van der Waals surface area contributed by atoms with Crippen molar-refractivity contribution in [1.82, 2.24) is 20.0 Å². The van der Waals surface area contributed by atoms with Gasteiger partial charge in [-0.05, 0) is 58.6 Å². The van der Waals surface area contributed by atoms with E-state index in [0.29, 0.717) is 6.54 Å². The predicted molar refractivity (Wildman–Crippen MR) is 123 cm³/mol. The number of hydrogen-bond acceptors (Lipinski definition) is 3. The highest BCUT2D eigenvalue weighted by Crippen LogP contribution is 2.20. The van der Waals surface area contributed by atoms with Crippen LogP contribution in [0, 0.1) is 20.8 Å². The van der Waals surface area contributed by atoms with Gasteiger partial charge in [-0.25, -0.2) is 4.68 Å². The molecule has 1 N–H and O–H groups in total. The zero-order valence-corrected chi connectivity index (χ0v) is 18.4. The molecule has 0 aliphatic rings. The minimum atomic E-state index is -0.111. The first-order valence-electron chi connectivity index (χ1n) is 10.2. The highest BCUT2D eigenvalue weighted by molar-refractivity contribution is 5.92. The van der Waals surface area contributed by atoms with Crippen molar-refractivity contribution in [3.8, 4) is 5.69 Å². The smallest absolute Gasteiger partial charge is 0.244 e. The van der Waals surface area contributed by atoms with E-state index < -0.39 is 0 Å². The number of amides is 1. The number of para-hydroxylation sites is 1. The van der Waals surface area contributed by atoms with E-state index in [2.05, 4.69) is 46.5 Å². The Balaban J connectivity index is 1.69. The summed E-state index contributed by atoms with van der Waals surface area (Å²) >= 11 is 0. The molecule has 0 aliphatic carbocycles. The van der Waals surface area contributed by atoms with Gasteiger partial charge < -0.3 is 10.2 Å². The fraction of sp³-hybridized carbons (Fsp3) is 0.280. The molecule has 1 amide bonds. The third-order valence-corrected chi connectivity index (χ3v) is 5.30. The lowest BCUT2D eigenvalue weighted by Crippen LogP contribution is -2.33. The molecule has 0 saturated carbocycles. The van der Waals surface area contributed by atoms with Crippen molar-refractivity contribution >= 4 is 12.0 Å². The molecule has 30 heavy (non-hydrogen) atoms. The molecule has 1 heterocycles. The van der Waals surface area contributed by atoms with Gasteiger partial charge >= 0.3 is 0 Å². The topological polar surface area (TPSA) is 50.2 Å². The molecule has 2 aromatic carbocycles.